The SMILES string of the molecule is CN=C(NCC(c1ccc(OC)c(OC)c1)N(C)C)N1CCC2(CCOC2)C1. The zero-order valence-corrected chi connectivity index (χ0v) is 17.8. The molecule has 1 N–H and O–H groups in total. The highest BCUT2D eigenvalue weighted by molar-refractivity contribution is 5.80. The predicted molar refractivity (Wildman–Crippen MR) is 111 cm³/mol. The predicted octanol–water partition coefficient (Wildman–Crippen LogP) is 1.99. The average Bonchev–Trinajstić information content (AvgIpc) is 3.34. The van der Waals surface area contributed by atoms with Crippen LogP contribution in [0.2, 0.25) is 0 Å². The van der Waals surface area contributed by atoms with Gasteiger partial charge in [-0.3, -0.25) is 4.99 Å². The van der Waals surface area contributed by atoms with Crippen molar-refractivity contribution in [2.45, 2.75) is 18.9 Å². The Kier molecular flexibility index (Phi) is 6.67. The summed E-state index contributed by atoms with van der Waals surface area (Å²) in [5.74, 6) is 2.46. The van der Waals surface area contributed by atoms with E-state index >= 15 is 0 Å². The van der Waals surface area contributed by atoms with Crippen LogP contribution < -0.4 is 14.8 Å². The summed E-state index contributed by atoms with van der Waals surface area (Å²) in [6, 6.07) is 6.29. The van der Waals surface area contributed by atoms with Crippen LogP contribution in [-0.2, 0) is 4.74 Å². The summed E-state index contributed by atoms with van der Waals surface area (Å²) >= 11 is 0. The van der Waals surface area contributed by atoms with E-state index in [-0.39, 0.29) is 6.04 Å². The largest absolute Gasteiger partial charge is 0.493 e. The number of benzene rings is 1. The topological polar surface area (TPSA) is 58.6 Å². The highest BCUT2D eigenvalue weighted by atomic mass is 16.5. The molecule has 2 aliphatic rings. The molecule has 1 aromatic rings. The summed E-state index contributed by atoms with van der Waals surface area (Å²) in [5.41, 5.74) is 1.50. The third-order valence-electron chi connectivity index (χ3n) is 6.00. The van der Waals surface area contributed by atoms with E-state index in [1.165, 1.54) is 12.0 Å². The van der Waals surface area contributed by atoms with Gasteiger partial charge in [-0.1, -0.05) is 6.07 Å². The molecular weight excluding hydrogens is 356 g/mol. The Bertz CT molecular complexity index is 686. The molecule has 0 saturated carbocycles. The number of hydrogen-bond acceptors (Lipinski definition) is 5. The number of nitrogens with one attached hydrogen (secondary N) is 1. The van der Waals surface area contributed by atoms with Crippen LogP contribution in [0.1, 0.15) is 24.4 Å². The van der Waals surface area contributed by atoms with Crippen molar-refractivity contribution in [3.63, 3.8) is 0 Å². The number of hydrogen-bond donors (Lipinski definition) is 1. The third kappa shape index (κ3) is 4.36. The molecule has 0 aromatic heterocycles. The van der Waals surface area contributed by atoms with Gasteiger partial charge in [-0.05, 0) is 44.6 Å². The van der Waals surface area contributed by atoms with Crippen molar-refractivity contribution in [1.82, 2.24) is 15.1 Å². The Labute approximate surface area is 168 Å². The molecule has 0 bridgehead atoms. The monoisotopic (exact) mass is 390 g/mol. The van der Waals surface area contributed by atoms with Crippen molar-refractivity contribution in [3.8, 4) is 11.5 Å². The van der Waals surface area contributed by atoms with Crippen molar-refractivity contribution in [2.24, 2.45) is 10.4 Å². The van der Waals surface area contributed by atoms with E-state index in [2.05, 4.69) is 46.3 Å². The van der Waals surface area contributed by atoms with Crippen LogP contribution in [0.4, 0.5) is 0 Å². The Morgan fingerprint density at radius 1 is 1.29 bits per heavy atom. The first kappa shape index (κ1) is 20.7. The van der Waals surface area contributed by atoms with Crippen molar-refractivity contribution in [3.05, 3.63) is 23.8 Å². The molecule has 156 valence electrons. The van der Waals surface area contributed by atoms with E-state index in [1.807, 2.05) is 13.1 Å². The fraction of sp³-hybridized carbons (Fsp3) is 0.667. The van der Waals surface area contributed by atoms with Crippen LogP contribution in [0, 0.1) is 5.41 Å². The van der Waals surface area contributed by atoms with Gasteiger partial charge in [0.2, 0.25) is 0 Å². The van der Waals surface area contributed by atoms with Gasteiger partial charge in [0.25, 0.3) is 0 Å². The fourth-order valence-electron chi connectivity index (χ4n) is 4.27. The fourth-order valence-corrected chi connectivity index (χ4v) is 4.27. The van der Waals surface area contributed by atoms with Gasteiger partial charge in [0, 0.05) is 38.7 Å². The molecule has 0 radical (unpaired) electrons. The molecule has 2 saturated heterocycles. The smallest absolute Gasteiger partial charge is 0.193 e. The third-order valence-corrected chi connectivity index (χ3v) is 6.00. The molecule has 2 aliphatic heterocycles. The molecule has 0 amide bonds. The Morgan fingerprint density at radius 3 is 2.68 bits per heavy atom. The summed E-state index contributed by atoms with van der Waals surface area (Å²) in [4.78, 5) is 9.12. The highest BCUT2D eigenvalue weighted by Crippen LogP contribution is 2.38. The van der Waals surface area contributed by atoms with E-state index < -0.39 is 0 Å². The summed E-state index contributed by atoms with van der Waals surface area (Å²) in [7, 11) is 9.37. The van der Waals surface area contributed by atoms with Gasteiger partial charge >= 0.3 is 0 Å². The molecule has 7 heteroatoms. The highest BCUT2D eigenvalue weighted by Gasteiger charge is 2.42. The van der Waals surface area contributed by atoms with Gasteiger partial charge in [-0.2, -0.15) is 0 Å². The van der Waals surface area contributed by atoms with E-state index in [0.717, 1.165) is 56.7 Å². The number of likely N-dealkylation sites (tertiary alicyclic amines) is 1. The minimum Gasteiger partial charge on any atom is -0.493 e. The molecular formula is C21H34N4O3. The summed E-state index contributed by atoms with van der Waals surface area (Å²) < 4.78 is 16.5. The standard InChI is InChI=1S/C21H34N4O3/c1-22-20(25-10-8-21(14-25)9-11-28-15-21)23-13-17(24(2)3)16-6-7-18(26-4)19(12-16)27-5/h6-7,12,17H,8-11,13-15H2,1-5H3,(H,22,23). The van der Waals surface area contributed by atoms with Crippen LogP contribution in [0.5, 0.6) is 11.5 Å². The molecule has 7 nitrogen and oxygen atoms in total. The minimum atomic E-state index is 0.183. The van der Waals surface area contributed by atoms with Gasteiger partial charge in [-0.15, -0.1) is 0 Å². The van der Waals surface area contributed by atoms with E-state index in [9.17, 15) is 0 Å². The van der Waals surface area contributed by atoms with Crippen molar-refractivity contribution in [2.75, 3.05) is 68.2 Å². The van der Waals surface area contributed by atoms with Crippen LogP contribution in [-0.4, -0.2) is 84.0 Å². The maximum atomic E-state index is 5.66. The zero-order valence-electron chi connectivity index (χ0n) is 17.8. The van der Waals surface area contributed by atoms with Crippen LogP contribution in [0.25, 0.3) is 0 Å². The normalized spacial score (nSPS) is 23.5. The molecule has 1 aromatic carbocycles. The van der Waals surface area contributed by atoms with E-state index in [0.29, 0.717) is 5.41 Å². The zero-order chi connectivity index (χ0) is 20.1. The minimum absolute atomic E-state index is 0.183. The lowest BCUT2D eigenvalue weighted by molar-refractivity contribution is 0.156. The maximum Gasteiger partial charge on any atom is 0.193 e. The van der Waals surface area contributed by atoms with Crippen LogP contribution in [0.3, 0.4) is 0 Å². The number of likely N-dealkylation sites (N-methyl/N-ethyl adjacent to an activating group) is 1. The Morgan fingerprint density at radius 2 is 2.07 bits per heavy atom. The number of guanidine groups is 1. The maximum absolute atomic E-state index is 5.66. The lowest BCUT2D eigenvalue weighted by Crippen LogP contribution is -2.44. The van der Waals surface area contributed by atoms with Crippen molar-refractivity contribution >= 4 is 5.96 Å². The van der Waals surface area contributed by atoms with Crippen molar-refractivity contribution in [1.29, 1.82) is 0 Å². The number of nitrogens with zero attached hydrogens (tertiary/aromatic N) is 3. The van der Waals surface area contributed by atoms with Gasteiger partial charge < -0.3 is 29.3 Å². The van der Waals surface area contributed by atoms with Crippen LogP contribution in [0.15, 0.2) is 23.2 Å². The summed E-state index contributed by atoms with van der Waals surface area (Å²) in [6.45, 7) is 4.59. The first-order valence-electron chi connectivity index (χ1n) is 9.93. The van der Waals surface area contributed by atoms with Gasteiger partial charge in [0.1, 0.15) is 0 Å². The van der Waals surface area contributed by atoms with Gasteiger partial charge in [0.05, 0.1) is 26.9 Å². The molecule has 2 heterocycles. The molecule has 2 atom stereocenters. The number of ether oxygens (including phenoxy) is 3. The Hall–Kier alpha value is -1.99. The molecule has 1 spiro atoms. The van der Waals surface area contributed by atoms with E-state index in [4.69, 9.17) is 14.2 Å². The van der Waals surface area contributed by atoms with E-state index in [1.54, 1.807) is 14.2 Å². The second kappa shape index (κ2) is 9.01. The molecule has 3 rings (SSSR count). The molecule has 2 unspecified atom stereocenters. The lowest BCUT2D eigenvalue weighted by atomic mass is 9.87. The first-order chi connectivity index (χ1) is 13.5. The average molecular weight is 391 g/mol. The molecule has 28 heavy (non-hydrogen) atoms. The molecule has 0 aliphatic carbocycles. The quantitative estimate of drug-likeness (QED) is 0.592. The second-order valence-corrected chi connectivity index (χ2v) is 8.00. The number of rotatable bonds is 6. The van der Waals surface area contributed by atoms with Gasteiger partial charge in [-0.25, -0.2) is 0 Å². The molecule has 2 fully saturated rings. The lowest BCUT2D eigenvalue weighted by Gasteiger charge is -2.29. The van der Waals surface area contributed by atoms with Crippen LogP contribution >= 0.6 is 0 Å². The first-order valence-corrected chi connectivity index (χ1v) is 9.93. The summed E-state index contributed by atoms with van der Waals surface area (Å²) in [5, 5.41) is 3.59. The Balaban J connectivity index is 1.67. The van der Waals surface area contributed by atoms with Crippen molar-refractivity contribution < 1.29 is 14.2 Å². The number of aliphatic imine (C=N–C) groups is 1. The number of methoxy groups -OCH3 is 2. The summed E-state index contributed by atoms with van der Waals surface area (Å²) in [6.07, 6.45) is 2.34. The van der Waals surface area contributed by atoms with Gasteiger partial charge in [0.15, 0.2) is 17.5 Å². The second-order valence-electron chi connectivity index (χ2n) is 8.00.